The number of fused-ring (bicyclic) bond motifs is 1. The largest absolute Gasteiger partial charge is 0.443 e. The van der Waals surface area contributed by atoms with E-state index in [2.05, 4.69) is 9.97 Å². The van der Waals surface area contributed by atoms with Crippen LogP contribution in [0.25, 0.3) is 21.5 Å². The summed E-state index contributed by atoms with van der Waals surface area (Å²) in [4.78, 5) is 8.39. The molecule has 0 saturated heterocycles. The third-order valence-electron chi connectivity index (χ3n) is 2.26. The Morgan fingerprint density at radius 3 is 3.00 bits per heavy atom. The van der Waals surface area contributed by atoms with E-state index in [-0.39, 0.29) is 0 Å². The first-order valence-corrected chi connectivity index (χ1v) is 5.89. The van der Waals surface area contributed by atoms with Crippen LogP contribution in [0.3, 0.4) is 0 Å². The smallest absolute Gasteiger partial charge is 0.181 e. The van der Waals surface area contributed by atoms with E-state index in [1.807, 2.05) is 19.1 Å². The molecule has 0 fully saturated rings. The van der Waals surface area contributed by atoms with Crippen molar-refractivity contribution in [2.75, 3.05) is 0 Å². The number of nitrogens with zero attached hydrogens (tertiary/aromatic N) is 2. The molecule has 2 heterocycles. The first-order valence-electron chi connectivity index (χ1n) is 4.69. The molecule has 0 bridgehead atoms. The molecule has 80 valence electrons. The van der Waals surface area contributed by atoms with Crippen molar-refractivity contribution in [3.8, 4) is 11.3 Å². The Hall–Kier alpha value is -1.39. The number of oxazole rings is 1. The second kappa shape index (κ2) is 3.57. The summed E-state index contributed by atoms with van der Waals surface area (Å²) in [7, 11) is 0. The standard InChI is InChI=1S/C11H7ClN2OS/c1-6-14-11-8(9-4-13-5-15-9)2-7(12)3-10(11)16-6/h2-5H,1H3. The van der Waals surface area contributed by atoms with Gasteiger partial charge in [0, 0.05) is 10.6 Å². The maximum atomic E-state index is 6.07. The maximum absolute atomic E-state index is 6.07. The number of aryl methyl sites for hydroxylation is 1. The molecule has 16 heavy (non-hydrogen) atoms. The molecular weight excluding hydrogens is 244 g/mol. The number of benzene rings is 1. The quantitative estimate of drug-likeness (QED) is 0.657. The van der Waals surface area contributed by atoms with Crippen LogP contribution >= 0.6 is 22.9 Å². The lowest BCUT2D eigenvalue weighted by atomic mass is 10.1. The fourth-order valence-electron chi connectivity index (χ4n) is 1.64. The van der Waals surface area contributed by atoms with Crippen LogP contribution in [0.1, 0.15) is 5.01 Å². The summed E-state index contributed by atoms with van der Waals surface area (Å²) in [6.07, 6.45) is 3.07. The minimum absolute atomic E-state index is 0.683. The summed E-state index contributed by atoms with van der Waals surface area (Å²) in [5, 5.41) is 1.69. The van der Waals surface area contributed by atoms with Gasteiger partial charge in [0.15, 0.2) is 12.2 Å². The molecule has 5 heteroatoms. The third-order valence-corrected chi connectivity index (χ3v) is 3.40. The van der Waals surface area contributed by atoms with E-state index < -0.39 is 0 Å². The van der Waals surface area contributed by atoms with Crippen LogP contribution in [-0.4, -0.2) is 9.97 Å². The number of rotatable bonds is 1. The van der Waals surface area contributed by atoms with Gasteiger partial charge in [-0.05, 0) is 19.1 Å². The van der Waals surface area contributed by atoms with E-state index in [9.17, 15) is 0 Å². The summed E-state index contributed by atoms with van der Waals surface area (Å²) in [6, 6.07) is 3.77. The first kappa shape index (κ1) is 9.81. The number of hydrogen-bond acceptors (Lipinski definition) is 4. The number of hydrogen-bond donors (Lipinski definition) is 0. The van der Waals surface area contributed by atoms with Gasteiger partial charge in [-0.1, -0.05) is 11.6 Å². The van der Waals surface area contributed by atoms with Crippen molar-refractivity contribution in [2.45, 2.75) is 6.92 Å². The van der Waals surface area contributed by atoms with Gasteiger partial charge in [-0.3, -0.25) is 0 Å². The van der Waals surface area contributed by atoms with Crippen molar-refractivity contribution in [2.24, 2.45) is 0 Å². The normalized spacial score (nSPS) is 11.1. The summed E-state index contributed by atoms with van der Waals surface area (Å²) < 4.78 is 6.35. The Labute approximate surface area is 101 Å². The van der Waals surface area contributed by atoms with E-state index in [4.69, 9.17) is 16.0 Å². The molecule has 3 rings (SSSR count). The Morgan fingerprint density at radius 1 is 1.38 bits per heavy atom. The van der Waals surface area contributed by atoms with Crippen LogP contribution in [0.2, 0.25) is 5.02 Å². The Morgan fingerprint density at radius 2 is 2.25 bits per heavy atom. The Kier molecular flexibility index (Phi) is 2.19. The molecular formula is C11H7ClN2OS. The molecule has 3 aromatic rings. The Balaban J connectivity index is 2.38. The second-order valence-corrected chi connectivity index (χ2v) is 5.07. The zero-order valence-corrected chi connectivity index (χ0v) is 9.97. The van der Waals surface area contributed by atoms with Gasteiger partial charge in [0.05, 0.1) is 21.4 Å². The Bertz CT molecular complexity index is 645. The van der Waals surface area contributed by atoms with E-state index in [1.165, 1.54) is 6.39 Å². The second-order valence-electron chi connectivity index (χ2n) is 3.40. The zero-order chi connectivity index (χ0) is 11.1. The highest BCUT2D eigenvalue weighted by Crippen LogP contribution is 2.34. The van der Waals surface area contributed by atoms with Crippen LogP contribution in [0, 0.1) is 6.92 Å². The van der Waals surface area contributed by atoms with Crippen LogP contribution < -0.4 is 0 Å². The van der Waals surface area contributed by atoms with E-state index in [1.54, 1.807) is 17.5 Å². The summed E-state index contributed by atoms with van der Waals surface area (Å²) in [5.74, 6) is 0.692. The molecule has 1 aromatic carbocycles. The van der Waals surface area contributed by atoms with Crippen LogP contribution in [-0.2, 0) is 0 Å². The minimum Gasteiger partial charge on any atom is -0.443 e. The SMILES string of the molecule is Cc1nc2c(-c3cnco3)cc(Cl)cc2s1. The van der Waals surface area contributed by atoms with E-state index in [0.29, 0.717) is 10.8 Å². The maximum Gasteiger partial charge on any atom is 0.181 e. The molecule has 0 radical (unpaired) electrons. The van der Waals surface area contributed by atoms with Crippen molar-refractivity contribution in [3.63, 3.8) is 0 Å². The fraction of sp³-hybridized carbons (Fsp3) is 0.0909. The molecule has 0 amide bonds. The van der Waals surface area contributed by atoms with Crippen molar-refractivity contribution in [3.05, 3.63) is 34.8 Å². The molecule has 0 spiro atoms. The van der Waals surface area contributed by atoms with Gasteiger partial charge in [0.25, 0.3) is 0 Å². The van der Waals surface area contributed by atoms with Gasteiger partial charge in [0.2, 0.25) is 0 Å². The van der Waals surface area contributed by atoms with Gasteiger partial charge in [-0.25, -0.2) is 9.97 Å². The molecule has 0 aliphatic rings. The predicted octanol–water partition coefficient (Wildman–Crippen LogP) is 3.91. The van der Waals surface area contributed by atoms with Gasteiger partial charge in [-0.2, -0.15) is 0 Å². The van der Waals surface area contributed by atoms with Crippen molar-refractivity contribution >= 4 is 33.2 Å². The third kappa shape index (κ3) is 1.50. The zero-order valence-electron chi connectivity index (χ0n) is 8.40. The fourth-order valence-corrected chi connectivity index (χ4v) is 2.82. The molecule has 0 unspecified atom stereocenters. The van der Waals surface area contributed by atoms with E-state index in [0.717, 1.165) is 20.8 Å². The lowest BCUT2D eigenvalue weighted by Crippen LogP contribution is -1.79. The molecule has 3 nitrogen and oxygen atoms in total. The summed E-state index contributed by atoms with van der Waals surface area (Å²) in [6.45, 7) is 1.97. The van der Waals surface area contributed by atoms with Crippen LogP contribution in [0.4, 0.5) is 0 Å². The predicted molar refractivity (Wildman–Crippen MR) is 64.9 cm³/mol. The lowest BCUT2D eigenvalue weighted by molar-refractivity contribution is 0.572. The van der Waals surface area contributed by atoms with Gasteiger partial charge in [0.1, 0.15) is 0 Å². The molecule has 0 N–H and O–H groups in total. The average Bonchev–Trinajstić information content (AvgIpc) is 2.83. The van der Waals surface area contributed by atoms with E-state index >= 15 is 0 Å². The van der Waals surface area contributed by atoms with Gasteiger partial charge in [-0.15, -0.1) is 11.3 Å². The van der Waals surface area contributed by atoms with Crippen molar-refractivity contribution < 1.29 is 4.42 Å². The monoisotopic (exact) mass is 250 g/mol. The molecule has 2 aromatic heterocycles. The van der Waals surface area contributed by atoms with Crippen LogP contribution in [0.5, 0.6) is 0 Å². The number of aromatic nitrogens is 2. The highest BCUT2D eigenvalue weighted by atomic mass is 35.5. The average molecular weight is 251 g/mol. The summed E-state index contributed by atoms with van der Waals surface area (Å²) >= 11 is 7.69. The topological polar surface area (TPSA) is 38.9 Å². The number of thiazole rings is 1. The molecule has 0 saturated carbocycles. The molecule has 0 aliphatic carbocycles. The van der Waals surface area contributed by atoms with Gasteiger partial charge >= 0.3 is 0 Å². The minimum atomic E-state index is 0.683. The van der Waals surface area contributed by atoms with Crippen LogP contribution in [0.15, 0.2) is 29.1 Å². The van der Waals surface area contributed by atoms with Crippen molar-refractivity contribution in [1.29, 1.82) is 0 Å². The molecule has 0 aliphatic heterocycles. The first-order chi connectivity index (χ1) is 7.74. The summed E-state index contributed by atoms with van der Waals surface area (Å²) in [5.41, 5.74) is 1.81. The highest BCUT2D eigenvalue weighted by molar-refractivity contribution is 7.18. The van der Waals surface area contributed by atoms with Gasteiger partial charge < -0.3 is 4.42 Å². The molecule has 0 atom stereocenters. The lowest BCUT2D eigenvalue weighted by Gasteiger charge is -1.98. The highest BCUT2D eigenvalue weighted by Gasteiger charge is 2.12. The van der Waals surface area contributed by atoms with Crippen molar-refractivity contribution in [1.82, 2.24) is 9.97 Å². The number of halogens is 1.